The Kier molecular flexibility index (Phi) is 2.54. The third kappa shape index (κ3) is 1.57. The molecule has 0 amide bonds. The van der Waals surface area contributed by atoms with Crippen molar-refractivity contribution in [1.29, 1.82) is 5.26 Å². The van der Waals surface area contributed by atoms with E-state index < -0.39 is 0 Å². The van der Waals surface area contributed by atoms with Crippen LogP contribution in [0.5, 0.6) is 11.5 Å². The van der Waals surface area contributed by atoms with Gasteiger partial charge >= 0.3 is 0 Å². The number of hydrogen-bond donors (Lipinski definition) is 0. The molecule has 1 aromatic carbocycles. The molecule has 1 aliphatic rings. The third-order valence-corrected chi connectivity index (χ3v) is 2.82. The van der Waals surface area contributed by atoms with E-state index in [9.17, 15) is 0 Å². The summed E-state index contributed by atoms with van der Waals surface area (Å²) in [4.78, 5) is 4.45. The predicted octanol–water partition coefficient (Wildman–Crippen LogP) is 1.43. The molecule has 1 aliphatic heterocycles. The van der Waals surface area contributed by atoms with Crippen molar-refractivity contribution in [2.24, 2.45) is 0 Å². The Morgan fingerprint density at radius 1 is 1.44 bits per heavy atom. The molecule has 0 N–H and O–H groups in total. The van der Waals surface area contributed by atoms with Crippen molar-refractivity contribution < 1.29 is 14.2 Å². The molecule has 0 saturated heterocycles. The van der Waals surface area contributed by atoms with Crippen LogP contribution < -0.4 is 9.47 Å². The van der Waals surface area contributed by atoms with E-state index >= 15 is 0 Å². The van der Waals surface area contributed by atoms with E-state index in [1.54, 1.807) is 7.11 Å². The second-order valence-corrected chi connectivity index (χ2v) is 3.90. The highest BCUT2D eigenvalue weighted by atomic mass is 16.7. The smallest absolute Gasteiger partial charge is 0.231 e. The van der Waals surface area contributed by atoms with E-state index in [0.717, 1.165) is 16.9 Å². The van der Waals surface area contributed by atoms with Crippen molar-refractivity contribution in [3.63, 3.8) is 0 Å². The number of nitriles is 1. The van der Waals surface area contributed by atoms with Gasteiger partial charge in [-0.25, -0.2) is 4.98 Å². The number of hydrogen-bond acceptors (Lipinski definition) is 5. The summed E-state index contributed by atoms with van der Waals surface area (Å²) in [5.41, 5.74) is 1.63. The summed E-state index contributed by atoms with van der Waals surface area (Å²) in [6.45, 7) is 0.822. The molecule has 0 atom stereocenters. The van der Waals surface area contributed by atoms with Gasteiger partial charge in [0.15, 0.2) is 11.5 Å². The molecule has 0 fully saturated rings. The number of methoxy groups -OCH3 is 1. The van der Waals surface area contributed by atoms with Gasteiger partial charge in [-0.2, -0.15) is 5.26 Å². The van der Waals surface area contributed by atoms with Gasteiger partial charge in [-0.05, 0) is 0 Å². The number of rotatable bonds is 3. The maximum Gasteiger partial charge on any atom is 0.231 e. The van der Waals surface area contributed by atoms with Crippen LogP contribution in [-0.4, -0.2) is 23.5 Å². The monoisotopic (exact) mass is 245 g/mol. The largest absolute Gasteiger partial charge is 0.454 e. The van der Waals surface area contributed by atoms with Gasteiger partial charge in [-0.3, -0.25) is 0 Å². The first-order valence-corrected chi connectivity index (χ1v) is 5.48. The summed E-state index contributed by atoms with van der Waals surface area (Å²) in [5, 5.41) is 8.89. The Hall–Kier alpha value is -2.26. The third-order valence-electron chi connectivity index (χ3n) is 2.82. The molecular weight excluding hydrogens is 234 g/mol. The average Bonchev–Trinajstić information content (AvgIpc) is 2.93. The Bertz CT molecular complexity index is 642. The fourth-order valence-electron chi connectivity index (χ4n) is 2.05. The van der Waals surface area contributed by atoms with E-state index in [2.05, 4.69) is 11.1 Å². The van der Waals surface area contributed by atoms with Crippen molar-refractivity contribution in [2.75, 3.05) is 13.9 Å². The Labute approximate surface area is 103 Å². The summed E-state index contributed by atoms with van der Waals surface area (Å²) >= 11 is 0. The van der Waals surface area contributed by atoms with Gasteiger partial charge in [0.25, 0.3) is 0 Å². The number of nitrogens with zero attached hydrogens (tertiary/aromatic N) is 3. The molecule has 0 bridgehead atoms. The van der Waals surface area contributed by atoms with Crippen LogP contribution in [0.2, 0.25) is 0 Å². The summed E-state index contributed by atoms with van der Waals surface area (Å²) in [5.74, 6) is 2.09. The van der Waals surface area contributed by atoms with E-state index in [-0.39, 0.29) is 13.3 Å². The molecule has 0 aliphatic carbocycles. The van der Waals surface area contributed by atoms with Crippen LogP contribution in [0, 0.1) is 11.3 Å². The van der Waals surface area contributed by atoms with E-state index in [0.29, 0.717) is 18.1 Å². The molecule has 6 nitrogen and oxygen atoms in total. The van der Waals surface area contributed by atoms with E-state index in [1.165, 1.54) is 0 Å². The molecule has 3 rings (SSSR count). The minimum absolute atomic E-state index is 0.227. The minimum atomic E-state index is 0.227. The molecule has 92 valence electrons. The van der Waals surface area contributed by atoms with Crippen molar-refractivity contribution in [3.8, 4) is 17.6 Å². The molecular formula is C12H11N3O3. The van der Waals surface area contributed by atoms with Gasteiger partial charge < -0.3 is 18.8 Å². The van der Waals surface area contributed by atoms with Gasteiger partial charge in [-0.1, -0.05) is 0 Å². The zero-order valence-corrected chi connectivity index (χ0v) is 9.84. The molecule has 2 heterocycles. The molecule has 0 spiro atoms. The van der Waals surface area contributed by atoms with Gasteiger partial charge in [0, 0.05) is 19.2 Å². The van der Waals surface area contributed by atoms with Gasteiger partial charge in [0.1, 0.15) is 19.0 Å². The van der Waals surface area contributed by atoms with E-state index in [1.807, 2.05) is 16.7 Å². The highest BCUT2D eigenvalue weighted by Crippen LogP contribution is 2.36. The normalized spacial score (nSPS) is 12.9. The summed E-state index contributed by atoms with van der Waals surface area (Å²) in [6, 6.07) is 5.80. The van der Waals surface area contributed by atoms with Crippen LogP contribution in [0.25, 0.3) is 11.0 Å². The second-order valence-electron chi connectivity index (χ2n) is 3.90. The van der Waals surface area contributed by atoms with Crippen LogP contribution in [0.3, 0.4) is 0 Å². The first-order chi connectivity index (χ1) is 8.83. The predicted molar refractivity (Wildman–Crippen MR) is 62.2 cm³/mol. The quantitative estimate of drug-likeness (QED) is 0.818. The lowest BCUT2D eigenvalue weighted by Crippen LogP contribution is -2.03. The lowest BCUT2D eigenvalue weighted by Gasteiger charge is -2.03. The highest BCUT2D eigenvalue weighted by molar-refractivity contribution is 5.81. The molecule has 0 saturated carbocycles. The molecule has 0 unspecified atom stereocenters. The van der Waals surface area contributed by atoms with Crippen LogP contribution >= 0.6 is 0 Å². The number of imidazole rings is 1. The SMILES string of the molecule is COCc1nc2cc3c(cc2n1CC#N)OCO3. The lowest BCUT2D eigenvalue weighted by molar-refractivity contribution is 0.173. The molecule has 0 radical (unpaired) electrons. The number of benzene rings is 1. The van der Waals surface area contributed by atoms with Crippen molar-refractivity contribution >= 4 is 11.0 Å². The highest BCUT2D eigenvalue weighted by Gasteiger charge is 2.18. The zero-order chi connectivity index (χ0) is 12.5. The first kappa shape index (κ1) is 10.9. The maximum absolute atomic E-state index is 8.89. The topological polar surface area (TPSA) is 69.3 Å². The fourth-order valence-corrected chi connectivity index (χ4v) is 2.05. The average molecular weight is 245 g/mol. The molecule has 18 heavy (non-hydrogen) atoms. The number of aromatic nitrogens is 2. The van der Waals surface area contributed by atoms with Crippen molar-refractivity contribution in [2.45, 2.75) is 13.2 Å². The van der Waals surface area contributed by atoms with Crippen LogP contribution in [0.1, 0.15) is 5.82 Å². The maximum atomic E-state index is 8.89. The molecule has 6 heteroatoms. The van der Waals surface area contributed by atoms with Gasteiger partial charge in [0.05, 0.1) is 17.1 Å². The standard InChI is InChI=1S/C12H11N3O3/c1-16-6-12-14-8-4-10-11(18-7-17-10)5-9(8)15(12)3-2-13/h4-5H,3,6-7H2,1H3. The van der Waals surface area contributed by atoms with Crippen LogP contribution in [0.4, 0.5) is 0 Å². The van der Waals surface area contributed by atoms with E-state index in [4.69, 9.17) is 19.5 Å². The fraction of sp³-hybridized carbons (Fsp3) is 0.333. The van der Waals surface area contributed by atoms with Crippen molar-refractivity contribution in [3.05, 3.63) is 18.0 Å². The molecule has 2 aromatic rings. The summed E-state index contributed by atoms with van der Waals surface area (Å²) in [6.07, 6.45) is 0. The number of fused-ring (bicyclic) bond motifs is 2. The van der Waals surface area contributed by atoms with Crippen LogP contribution in [-0.2, 0) is 17.9 Å². The summed E-state index contributed by atoms with van der Waals surface area (Å²) in [7, 11) is 1.60. The Balaban J connectivity index is 2.20. The first-order valence-electron chi connectivity index (χ1n) is 5.48. The summed E-state index contributed by atoms with van der Waals surface area (Å²) < 4.78 is 17.5. The number of ether oxygens (including phenoxy) is 3. The Morgan fingerprint density at radius 3 is 2.94 bits per heavy atom. The second kappa shape index (κ2) is 4.20. The zero-order valence-electron chi connectivity index (χ0n) is 9.84. The molecule has 1 aromatic heterocycles. The van der Waals surface area contributed by atoms with Gasteiger partial charge in [0.2, 0.25) is 6.79 Å². The van der Waals surface area contributed by atoms with Crippen molar-refractivity contribution in [1.82, 2.24) is 9.55 Å². The lowest BCUT2D eigenvalue weighted by atomic mass is 10.2. The van der Waals surface area contributed by atoms with Crippen LogP contribution in [0.15, 0.2) is 12.1 Å². The Morgan fingerprint density at radius 2 is 2.22 bits per heavy atom. The minimum Gasteiger partial charge on any atom is -0.454 e. The van der Waals surface area contributed by atoms with Gasteiger partial charge in [-0.15, -0.1) is 0 Å².